The summed E-state index contributed by atoms with van der Waals surface area (Å²) in [5.74, 6) is -0.903. The molecule has 0 bridgehead atoms. The number of aromatic nitrogens is 1. The third-order valence-electron chi connectivity index (χ3n) is 6.61. The second-order valence-electron chi connectivity index (χ2n) is 8.69. The van der Waals surface area contributed by atoms with E-state index in [1.165, 1.54) is 16.4 Å². The highest BCUT2D eigenvalue weighted by Gasteiger charge is 2.31. The van der Waals surface area contributed by atoms with Crippen LogP contribution in [0.15, 0.2) is 71.8 Å². The van der Waals surface area contributed by atoms with E-state index in [-0.39, 0.29) is 10.8 Å². The van der Waals surface area contributed by atoms with Gasteiger partial charge in [-0.3, -0.25) is 4.79 Å². The molecule has 3 N–H and O–H groups in total. The summed E-state index contributed by atoms with van der Waals surface area (Å²) < 4.78 is 40.7. The van der Waals surface area contributed by atoms with Gasteiger partial charge in [0.2, 0.25) is 10.0 Å². The Morgan fingerprint density at radius 3 is 2.29 bits per heavy atom. The van der Waals surface area contributed by atoms with E-state index in [1.807, 2.05) is 24.4 Å². The number of fused-ring (bicyclic) bond motifs is 1. The molecular weight excluding hydrogens is 489 g/mol. The normalized spacial score (nSPS) is 15.5. The van der Waals surface area contributed by atoms with Crippen LogP contribution in [0.4, 0.5) is 4.39 Å². The lowest BCUT2D eigenvalue weighted by Crippen LogP contribution is -2.37. The Kier molecular flexibility index (Phi) is 6.13. The third kappa shape index (κ3) is 4.45. The van der Waals surface area contributed by atoms with Crippen LogP contribution >= 0.6 is 11.6 Å². The molecule has 1 saturated heterocycles. The van der Waals surface area contributed by atoms with Crippen molar-refractivity contribution in [3.8, 4) is 11.1 Å². The van der Waals surface area contributed by atoms with Crippen LogP contribution in [0.1, 0.15) is 34.7 Å². The molecule has 35 heavy (non-hydrogen) atoms. The molecule has 180 valence electrons. The molecule has 9 heteroatoms. The van der Waals surface area contributed by atoms with Crippen LogP contribution in [0, 0.1) is 5.82 Å². The van der Waals surface area contributed by atoms with Crippen LogP contribution < -0.4 is 5.73 Å². The van der Waals surface area contributed by atoms with Crippen LogP contribution in [0.3, 0.4) is 0 Å². The smallest absolute Gasteiger partial charge is 0.250 e. The monoisotopic (exact) mass is 511 g/mol. The molecule has 1 amide bonds. The highest BCUT2D eigenvalue weighted by Crippen LogP contribution is 2.37. The fourth-order valence-electron chi connectivity index (χ4n) is 4.76. The maximum Gasteiger partial charge on any atom is 0.250 e. The number of hydrogen-bond donors (Lipinski definition) is 2. The predicted molar refractivity (Wildman–Crippen MR) is 134 cm³/mol. The number of rotatable bonds is 5. The number of nitrogens with one attached hydrogen (secondary N) is 1. The molecule has 0 aliphatic carbocycles. The number of hydrogen-bond acceptors (Lipinski definition) is 3. The molecule has 1 aliphatic rings. The summed E-state index contributed by atoms with van der Waals surface area (Å²) in [6.45, 7) is 0.688. The lowest BCUT2D eigenvalue weighted by Gasteiger charge is -2.31. The first kappa shape index (κ1) is 23.5. The third-order valence-corrected chi connectivity index (χ3v) is 8.77. The van der Waals surface area contributed by atoms with Crippen LogP contribution in [-0.2, 0) is 10.0 Å². The summed E-state index contributed by atoms with van der Waals surface area (Å²) >= 11 is 6.03. The van der Waals surface area contributed by atoms with Crippen LogP contribution in [0.2, 0.25) is 5.02 Å². The van der Waals surface area contributed by atoms with Crippen molar-refractivity contribution in [2.45, 2.75) is 23.7 Å². The van der Waals surface area contributed by atoms with Crippen molar-refractivity contribution in [3.05, 3.63) is 88.8 Å². The molecule has 0 radical (unpaired) electrons. The topological polar surface area (TPSA) is 96.3 Å². The van der Waals surface area contributed by atoms with Gasteiger partial charge in [0.1, 0.15) is 5.82 Å². The van der Waals surface area contributed by atoms with Crippen molar-refractivity contribution in [1.82, 2.24) is 9.29 Å². The molecule has 4 aromatic rings. The molecule has 0 spiro atoms. The first-order valence-corrected chi connectivity index (χ1v) is 13.0. The zero-order valence-corrected chi connectivity index (χ0v) is 20.2. The van der Waals surface area contributed by atoms with E-state index in [0.29, 0.717) is 42.0 Å². The van der Waals surface area contributed by atoms with Crippen LogP contribution in [-0.4, -0.2) is 36.7 Å². The van der Waals surface area contributed by atoms with Gasteiger partial charge >= 0.3 is 0 Å². The average Bonchev–Trinajstić information content (AvgIpc) is 3.28. The number of halogens is 2. The van der Waals surface area contributed by atoms with Crippen molar-refractivity contribution in [1.29, 1.82) is 0 Å². The zero-order valence-electron chi connectivity index (χ0n) is 18.7. The van der Waals surface area contributed by atoms with Gasteiger partial charge in [-0.2, -0.15) is 4.31 Å². The summed E-state index contributed by atoms with van der Waals surface area (Å²) in [6.07, 6.45) is 3.12. The first-order valence-electron chi connectivity index (χ1n) is 11.2. The Hall–Kier alpha value is -3.20. The summed E-state index contributed by atoms with van der Waals surface area (Å²) in [7, 11) is -3.69. The second-order valence-corrected chi connectivity index (χ2v) is 11.1. The molecule has 0 unspecified atom stereocenters. The minimum Gasteiger partial charge on any atom is -0.366 e. The van der Waals surface area contributed by atoms with E-state index in [0.717, 1.165) is 34.2 Å². The van der Waals surface area contributed by atoms with Gasteiger partial charge in [-0.1, -0.05) is 23.7 Å². The number of piperidine rings is 1. The zero-order chi connectivity index (χ0) is 24.7. The number of sulfonamides is 1. The lowest BCUT2D eigenvalue weighted by molar-refractivity contribution is 0.100. The van der Waals surface area contributed by atoms with E-state index in [2.05, 4.69) is 4.98 Å². The fourth-order valence-corrected chi connectivity index (χ4v) is 6.35. The molecule has 0 saturated carbocycles. The molecule has 0 atom stereocenters. The average molecular weight is 512 g/mol. The van der Waals surface area contributed by atoms with Gasteiger partial charge in [-0.25, -0.2) is 12.8 Å². The molecule has 3 aromatic carbocycles. The predicted octanol–water partition coefficient (Wildman–Crippen LogP) is 5.29. The van der Waals surface area contributed by atoms with Crippen molar-refractivity contribution in [2.75, 3.05) is 13.1 Å². The van der Waals surface area contributed by atoms with Crippen molar-refractivity contribution in [3.63, 3.8) is 0 Å². The maximum atomic E-state index is 13.2. The lowest BCUT2D eigenvalue weighted by atomic mass is 9.88. The number of nitrogens with zero attached hydrogens (tertiary/aromatic N) is 1. The van der Waals surface area contributed by atoms with Crippen molar-refractivity contribution < 1.29 is 17.6 Å². The van der Waals surface area contributed by atoms with E-state index in [1.54, 1.807) is 18.2 Å². The molecule has 2 heterocycles. The van der Waals surface area contributed by atoms with Gasteiger partial charge in [0.25, 0.3) is 5.91 Å². The van der Waals surface area contributed by atoms with Gasteiger partial charge in [-0.05, 0) is 84.0 Å². The van der Waals surface area contributed by atoms with Gasteiger partial charge in [0.05, 0.1) is 16.0 Å². The Bertz CT molecular complexity index is 1510. The minimum absolute atomic E-state index is 0.0863. The summed E-state index contributed by atoms with van der Waals surface area (Å²) in [4.78, 5) is 15.5. The number of amides is 1. The Balaban J connectivity index is 1.45. The van der Waals surface area contributed by atoms with Crippen molar-refractivity contribution in [2.24, 2.45) is 5.73 Å². The number of nitrogens with two attached hydrogens (primary N) is 1. The SMILES string of the molecule is NC(=O)c1cc(-c2ccc(Cl)cc2)cc2c(C3CCN(S(=O)(=O)c4ccc(F)cc4)CC3)c[nH]c12. The summed E-state index contributed by atoms with van der Waals surface area (Å²) in [6, 6.07) is 16.0. The highest BCUT2D eigenvalue weighted by atomic mass is 35.5. The fraction of sp³-hybridized carbons (Fsp3) is 0.192. The van der Waals surface area contributed by atoms with Gasteiger partial charge < -0.3 is 10.7 Å². The molecule has 5 rings (SSSR count). The first-order chi connectivity index (χ1) is 16.7. The summed E-state index contributed by atoms with van der Waals surface area (Å²) in [5, 5.41) is 1.51. The molecule has 1 aliphatic heterocycles. The van der Waals surface area contributed by atoms with E-state index in [9.17, 15) is 17.6 Å². The Labute approximate surface area is 207 Å². The quantitative estimate of drug-likeness (QED) is 0.381. The summed E-state index contributed by atoms with van der Waals surface area (Å²) in [5.41, 5.74) is 9.54. The number of benzene rings is 3. The molecule has 1 aromatic heterocycles. The second kappa shape index (κ2) is 9.11. The maximum absolute atomic E-state index is 13.2. The largest absolute Gasteiger partial charge is 0.366 e. The van der Waals surface area contributed by atoms with Crippen LogP contribution in [0.25, 0.3) is 22.0 Å². The minimum atomic E-state index is -3.69. The highest BCUT2D eigenvalue weighted by molar-refractivity contribution is 7.89. The van der Waals surface area contributed by atoms with Gasteiger partial charge in [-0.15, -0.1) is 0 Å². The Morgan fingerprint density at radius 2 is 1.66 bits per heavy atom. The van der Waals surface area contributed by atoms with E-state index < -0.39 is 21.7 Å². The number of aromatic amines is 1. The standard InChI is InChI=1S/C26H23ClFN3O3S/c27-19-3-1-16(2-4-19)18-13-22-24(15-30-25(22)23(14-18)26(29)32)17-9-11-31(12-10-17)35(33,34)21-7-5-20(28)6-8-21/h1-8,13-15,17,30H,9-12H2,(H2,29,32). The van der Waals surface area contributed by atoms with Crippen molar-refractivity contribution >= 4 is 38.4 Å². The molecule has 6 nitrogen and oxygen atoms in total. The molecule has 1 fully saturated rings. The molecular formula is C26H23ClFN3O3S. The number of carbonyl (C=O) groups excluding carboxylic acids is 1. The number of primary amides is 1. The number of carbonyl (C=O) groups is 1. The Morgan fingerprint density at radius 1 is 1.00 bits per heavy atom. The van der Waals surface area contributed by atoms with E-state index >= 15 is 0 Å². The van der Waals surface area contributed by atoms with Crippen LogP contribution in [0.5, 0.6) is 0 Å². The van der Waals surface area contributed by atoms with Gasteiger partial charge in [0, 0.05) is 29.7 Å². The van der Waals surface area contributed by atoms with E-state index in [4.69, 9.17) is 17.3 Å². The van der Waals surface area contributed by atoms with Gasteiger partial charge in [0.15, 0.2) is 0 Å². The number of H-pyrrole nitrogens is 1.